The number of benzene rings is 1. The summed E-state index contributed by atoms with van der Waals surface area (Å²) < 4.78 is 5.77. The summed E-state index contributed by atoms with van der Waals surface area (Å²) in [5, 5.41) is 8.42. The van der Waals surface area contributed by atoms with Crippen LogP contribution >= 0.6 is 11.6 Å². The minimum Gasteiger partial charge on any atom is -0.490 e. The van der Waals surface area contributed by atoms with Gasteiger partial charge in [0.1, 0.15) is 5.75 Å². The zero-order chi connectivity index (χ0) is 13.8. The van der Waals surface area contributed by atoms with E-state index < -0.39 is 11.2 Å². The van der Waals surface area contributed by atoms with E-state index in [1.807, 2.05) is 0 Å². The maximum Gasteiger partial charge on any atom is 0.306 e. The molecule has 0 atom stereocenters. The molecule has 1 aromatic rings. The first-order valence-corrected chi connectivity index (χ1v) is 6.63. The predicted octanol–water partition coefficient (Wildman–Crippen LogP) is 3.09. The molecular formula is C14H15ClO4. The first-order valence-electron chi connectivity index (χ1n) is 6.25. The van der Waals surface area contributed by atoms with Crippen LogP contribution in [-0.2, 0) is 4.79 Å². The largest absolute Gasteiger partial charge is 0.490 e. The number of carbonyl (C=O) groups is 2. The van der Waals surface area contributed by atoms with Crippen molar-refractivity contribution < 1.29 is 19.4 Å². The molecule has 0 aliphatic heterocycles. The molecular weight excluding hydrogens is 268 g/mol. The van der Waals surface area contributed by atoms with Gasteiger partial charge in [-0.2, -0.15) is 0 Å². The Morgan fingerprint density at radius 3 is 2.16 bits per heavy atom. The highest BCUT2D eigenvalue weighted by atomic mass is 35.5. The van der Waals surface area contributed by atoms with Gasteiger partial charge in [0.2, 0.25) is 0 Å². The fourth-order valence-electron chi connectivity index (χ4n) is 2.28. The Balaban J connectivity index is 1.88. The summed E-state index contributed by atoms with van der Waals surface area (Å²) in [4.78, 5) is 21.8. The average Bonchev–Trinajstić information content (AvgIpc) is 2.40. The van der Waals surface area contributed by atoms with E-state index in [-0.39, 0.29) is 12.0 Å². The van der Waals surface area contributed by atoms with E-state index in [0.29, 0.717) is 24.2 Å². The number of aliphatic carboxylic acids is 1. The quantitative estimate of drug-likeness (QED) is 0.862. The summed E-state index contributed by atoms with van der Waals surface area (Å²) in [5.74, 6) is -0.278. The number of ether oxygens (including phenoxy) is 1. The molecule has 0 spiro atoms. The van der Waals surface area contributed by atoms with Gasteiger partial charge < -0.3 is 9.84 Å². The first kappa shape index (κ1) is 13.9. The molecule has 1 aromatic carbocycles. The van der Waals surface area contributed by atoms with Crippen molar-refractivity contribution in [2.45, 2.75) is 31.8 Å². The predicted molar refractivity (Wildman–Crippen MR) is 70.6 cm³/mol. The molecule has 1 N–H and O–H groups in total. The van der Waals surface area contributed by atoms with Crippen LogP contribution in [0.25, 0.3) is 0 Å². The van der Waals surface area contributed by atoms with Gasteiger partial charge in [-0.05, 0) is 61.5 Å². The summed E-state index contributed by atoms with van der Waals surface area (Å²) in [5.41, 5.74) is 0.434. The molecule has 4 nitrogen and oxygen atoms in total. The molecule has 0 amide bonds. The summed E-state index contributed by atoms with van der Waals surface area (Å²) in [6.07, 6.45) is 2.84. The molecule has 0 bridgehead atoms. The van der Waals surface area contributed by atoms with Crippen molar-refractivity contribution in [1.82, 2.24) is 0 Å². The lowest BCUT2D eigenvalue weighted by Crippen LogP contribution is -2.27. The minimum absolute atomic E-state index is 0.0492. The normalized spacial score (nSPS) is 22.8. The fraction of sp³-hybridized carbons (Fsp3) is 0.429. The van der Waals surface area contributed by atoms with E-state index in [1.54, 1.807) is 24.3 Å². The zero-order valence-electron chi connectivity index (χ0n) is 10.3. The maximum absolute atomic E-state index is 10.9. The van der Waals surface area contributed by atoms with Gasteiger partial charge in [0, 0.05) is 5.56 Å². The molecule has 1 aliphatic carbocycles. The van der Waals surface area contributed by atoms with Gasteiger partial charge in [-0.3, -0.25) is 9.59 Å². The van der Waals surface area contributed by atoms with E-state index in [0.717, 1.165) is 12.8 Å². The number of halogens is 1. The smallest absolute Gasteiger partial charge is 0.306 e. The van der Waals surface area contributed by atoms with Crippen molar-refractivity contribution in [1.29, 1.82) is 0 Å². The lowest BCUT2D eigenvalue weighted by atomic mass is 9.87. The van der Waals surface area contributed by atoms with Crippen molar-refractivity contribution in [3.05, 3.63) is 29.8 Å². The second-order valence-electron chi connectivity index (χ2n) is 4.73. The van der Waals surface area contributed by atoms with Gasteiger partial charge in [-0.15, -0.1) is 0 Å². The summed E-state index contributed by atoms with van der Waals surface area (Å²) in [7, 11) is 0. The average molecular weight is 283 g/mol. The molecule has 5 heteroatoms. The standard InChI is InChI=1S/C14H15ClO4/c15-13(16)9-1-5-11(6-2-9)19-12-7-3-10(4-8-12)14(17)18/h1-2,5-6,10,12H,3-4,7-8H2,(H,17,18). The SMILES string of the molecule is O=C(Cl)c1ccc(OC2CCC(C(=O)O)CC2)cc1. The van der Waals surface area contributed by atoms with Crippen LogP contribution in [0.4, 0.5) is 0 Å². The summed E-state index contributed by atoms with van der Waals surface area (Å²) in [6.45, 7) is 0. The maximum atomic E-state index is 10.9. The van der Waals surface area contributed by atoms with Crippen LogP contribution in [0, 0.1) is 5.92 Å². The second-order valence-corrected chi connectivity index (χ2v) is 5.07. The topological polar surface area (TPSA) is 63.6 Å². The number of rotatable bonds is 4. The van der Waals surface area contributed by atoms with E-state index in [4.69, 9.17) is 21.4 Å². The lowest BCUT2D eigenvalue weighted by molar-refractivity contribution is -0.143. The number of carboxylic acids is 1. The molecule has 102 valence electrons. The number of hydrogen-bond donors (Lipinski definition) is 1. The molecule has 0 radical (unpaired) electrons. The molecule has 2 rings (SSSR count). The molecule has 0 unspecified atom stereocenters. The third kappa shape index (κ3) is 3.70. The van der Waals surface area contributed by atoms with Gasteiger partial charge in [0.05, 0.1) is 12.0 Å². The Kier molecular flexibility index (Phi) is 4.43. The van der Waals surface area contributed by atoms with Crippen LogP contribution in [-0.4, -0.2) is 22.4 Å². The van der Waals surface area contributed by atoms with Crippen molar-refractivity contribution in [3.8, 4) is 5.75 Å². The lowest BCUT2D eigenvalue weighted by Gasteiger charge is -2.26. The van der Waals surface area contributed by atoms with Gasteiger partial charge in [0.25, 0.3) is 5.24 Å². The summed E-state index contributed by atoms with van der Waals surface area (Å²) in [6, 6.07) is 6.65. The Morgan fingerprint density at radius 2 is 1.68 bits per heavy atom. The van der Waals surface area contributed by atoms with Crippen LogP contribution in [0.5, 0.6) is 5.75 Å². The fourth-order valence-corrected chi connectivity index (χ4v) is 2.41. The van der Waals surface area contributed by atoms with E-state index in [9.17, 15) is 9.59 Å². The first-order chi connectivity index (χ1) is 9.06. The monoisotopic (exact) mass is 282 g/mol. The third-order valence-electron chi connectivity index (χ3n) is 3.41. The van der Waals surface area contributed by atoms with Crippen molar-refractivity contribution in [2.75, 3.05) is 0 Å². The number of hydrogen-bond acceptors (Lipinski definition) is 3. The van der Waals surface area contributed by atoms with Crippen molar-refractivity contribution in [2.24, 2.45) is 5.92 Å². The number of carboxylic acid groups (broad SMARTS) is 1. The van der Waals surface area contributed by atoms with Crippen LogP contribution in [0.15, 0.2) is 24.3 Å². The van der Waals surface area contributed by atoms with E-state index in [1.165, 1.54) is 0 Å². The highest BCUT2D eigenvalue weighted by Crippen LogP contribution is 2.28. The Labute approximate surface area is 116 Å². The van der Waals surface area contributed by atoms with Gasteiger partial charge >= 0.3 is 5.97 Å². The highest BCUT2D eigenvalue weighted by molar-refractivity contribution is 6.67. The van der Waals surface area contributed by atoms with Gasteiger partial charge in [0.15, 0.2) is 0 Å². The van der Waals surface area contributed by atoms with Crippen LogP contribution < -0.4 is 4.74 Å². The molecule has 1 aliphatic rings. The molecule has 1 fully saturated rings. The van der Waals surface area contributed by atoms with E-state index in [2.05, 4.69) is 0 Å². The Morgan fingerprint density at radius 1 is 1.11 bits per heavy atom. The molecule has 0 heterocycles. The van der Waals surface area contributed by atoms with Crippen molar-refractivity contribution >= 4 is 22.8 Å². The zero-order valence-corrected chi connectivity index (χ0v) is 11.1. The molecule has 1 saturated carbocycles. The minimum atomic E-state index is -0.719. The molecule has 19 heavy (non-hydrogen) atoms. The van der Waals surface area contributed by atoms with Crippen molar-refractivity contribution in [3.63, 3.8) is 0 Å². The van der Waals surface area contributed by atoms with E-state index >= 15 is 0 Å². The number of carbonyl (C=O) groups excluding carboxylic acids is 1. The Hall–Kier alpha value is -1.55. The second kappa shape index (κ2) is 6.06. The molecule has 0 saturated heterocycles. The molecule has 0 aromatic heterocycles. The van der Waals surface area contributed by atoms with Gasteiger partial charge in [-0.25, -0.2) is 0 Å². The highest BCUT2D eigenvalue weighted by Gasteiger charge is 2.26. The van der Waals surface area contributed by atoms with Gasteiger partial charge in [-0.1, -0.05) is 0 Å². The third-order valence-corrected chi connectivity index (χ3v) is 3.63. The summed E-state index contributed by atoms with van der Waals surface area (Å²) >= 11 is 5.36. The Bertz CT molecular complexity index is 461. The van der Waals surface area contributed by atoms with Crippen LogP contribution in [0.3, 0.4) is 0 Å². The van der Waals surface area contributed by atoms with Crippen LogP contribution in [0.1, 0.15) is 36.0 Å². The van der Waals surface area contributed by atoms with Crippen LogP contribution in [0.2, 0.25) is 0 Å².